The average molecular weight is 190 g/mol. The van der Waals surface area contributed by atoms with Gasteiger partial charge in [0.15, 0.2) is 5.78 Å². The average Bonchev–Trinajstić information content (AvgIpc) is 2.97. The predicted octanol–water partition coefficient (Wildman–Crippen LogP) is 3.27. The van der Waals surface area contributed by atoms with Gasteiger partial charge in [-0.15, -0.1) is 0 Å². The van der Waals surface area contributed by atoms with E-state index in [9.17, 15) is 4.79 Å². The minimum absolute atomic E-state index is 0.387. The third kappa shape index (κ3) is 1.56. The van der Waals surface area contributed by atoms with Crippen LogP contribution in [-0.4, -0.2) is 5.78 Å². The first-order valence-electron chi connectivity index (χ1n) is 5.81. The number of carbonyl (C=O) groups is 1. The van der Waals surface area contributed by atoms with Crippen LogP contribution in [0.5, 0.6) is 0 Å². The highest BCUT2D eigenvalue weighted by atomic mass is 16.1. The molecule has 0 aliphatic heterocycles. The van der Waals surface area contributed by atoms with E-state index in [1.165, 1.54) is 12.0 Å². The summed E-state index contributed by atoms with van der Waals surface area (Å²) < 4.78 is 0. The second-order valence-corrected chi connectivity index (χ2v) is 4.11. The minimum atomic E-state index is 0.387. The first-order valence-corrected chi connectivity index (χ1v) is 5.81. The van der Waals surface area contributed by atoms with Crippen LogP contribution in [0.2, 0.25) is 0 Å². The molecule has 0 aromatic rings. The van der Waals surface area contributed by atoms with Gasteiger partial charge < -0.3 is 0 Å². The third-order valence-corrected chi connectivity index (χ3v) is 3.18. The van der Waals surface area contributed by atoms with Gasteiger partial charge in [-0.05, 0) is 36.7 Å². The number of fused-ring (bicyclic) bond motifs is 2. The van der Waals surface area contributed by atoms with E-state index in [-0.39, 0.29) is 0 Å². The van der Waals surface area contributed by atoms with E-state index in [1.54, 1.807) is 0 Å². The van der Waals surface area contributed by atoms with Gasteiger partial charge in [-0.3, -0.25) is 4.79 Å². The van der Waals surface area contributed by atoms with Crippen LogP contribution in [-0.2, 0) is 4.79 Å². The molecule has 0 radical (unpaired) electrons. The normalized spacial score (nSPS) is 32.9. The lowest BCUT2D eigenvalue weighted by atomic mass is 9.84. The summed E-state index contributed by atoms with van der Waals surface area (Å²) in [7, 11) is 0. The van der Waals surface area contributed by atoms with E-state index in [1.807, 2.05) is 13.8 Å². The standard InChI is InChI=1S/C11H12O.C2H6/c12-11-3-1-2-7-4-8-5-9(8)6-10(7)11;1-2/h4,6,8-9H,1-3,5H2;1-2H3. The highest BCUT2D eigenvalue weighted by Crippen LogP contribution is 2.48. The summed E-state index contributed by atoms with van der Waals surface area (Å²) in [5, 5.41) is 0. The van der Waals surface area contributed by atoms with Gasteiger partial charge in [-0.25, -0.2) is 0 Å². The Labute approximate surface area is 85.9 Å². The monoisotopic (exact) mass is 190 g/mol. The molecule has 0 N–H and O–H groups in total. The Kier molecular flexibility index (Phi) is 2.58. The van der Waals surface area contributed by atoms with E-state index < -0.39 is 0 Å². The van der Waals surface area contributed by atoms with Crippen LogP contribution in [0.4, 0.5) is 0 Å². The second kappa shape index (κ2) is 3.72. The Morgan fingerprint density at radius 2 is 1.86 bits per heavy atom. The van der Waals surface area contributed by atoms with Gasteiger partial charge in [0.2, 0.25) is 0 Å². The number of Topliss-reactive ketones (excluding diaryl/α,β-unsaturated/α-hetero) is 1. The summed E-state index contributed by atoms with van der Waals surface area (Å²) in [5.74, 6) is 1.92. The molecule has 0 aromatic carbocycles. The largest absolute Gasteiger partial charge is 0.294 e. The summed E-state index contributed by atoms with van der Waals surface area (Å²) in [6.45, 7) is 4.00. The van der Waals surface area contributed by atoms with Crippen molar-refractivity contribution in [3.8, 4) is 0 Å². The minimum Gasteiger partial charge on any atom is -0.294 e. The molecule has 0 heterocycles. The second-order valence-electron chi connectivity index (χ2n) is 4.11. The van der Waals surface area contributed by atoms with Crippen molar-refractivity contribution in [1.29, 1.82) is 0 Å². The lowest BCUT2D eigenvalue weighted by Crippen LogP contribution is -2.13. The molecule has 2 unspecified atom stereocenters. The summed E-state index contributed by atoms with van der Waals surface area (Å²) in [6, 6.07) is 0. The molecule has 0 spiro atoms. The highest BCUT2D eigenvalue weighted by molar-refractivity contribution is 6.01. The van der Waals surface area contributed by atoms with Crippen LogP contribution < -0.4 is 0 Å². The molecule has 0 amide bonds. The van der Waals surface area contributed by atoms with Crippen LogP contribution in [0.15, 0.2) is 23.3 Å². The molecule has 76 valence electrons. The van der Waals surface area contributed by atoms with Crippen molar-refractivity contribution in [1.82, 2.24) is 0 Å². The predicted molar refractivity (Wildman–Crippen MR) is 58.0 cm³/mol. The molecule has 1 heteroatoms. The molecular formula is C13H18O. The van der Waals surface area contributed by atoms with Crippen LogP contribution in [0.3, 0.4) is 0 Å². The van der Waals surface area contributed by atoms with Crippen molar-refractivity contribution in [2.45, 2.75) is 39.5 Å². The first kappa shape index (κ1) is 9.70. The van der Waals surface area contributed by atoms with Crippen molar-refractivity contribution >= 4 is 5.78 Å². The summed E-state index contributed by atoms with van der Waals surface area (Å²) in [5.41, 5.74) is 2.42. The number of allylic oxidation sites excluding steroid dienone is 4. The van der Waals surface area contributed by atoms with Gasteiger partial charge in [0.1, 0.15) is 0 Å². The van der Waals surface area contributed by atoms with E-state index in [0.29, 0.717) is 5.78 Å². The van der Waals surface area contributed by atoms with Crippen molar-refractivity contribution in [3.05, 3.63) is 23.3 Å². The lowest BCUT2D eigenvalue weighted by Gasteiger charge is -2.19. The topological polar surface area (TPSA) is 17.1 Å². The number of hydrogen-bond acceptors (Lipinski definition) is 1. The molecule has 2 fully saturated rings. The molecular weight excluding hydrogens is 172 g/mol. The quantitative estimate of drug-likeness (QED) is 0.573. The fourth-order valence-electron chi connectivity index (χ4n) is 2.35. The van der Waals surface area contributed by atoms with Crippen molar-refractivity contribution in [2.24, 2.45) is 11.8 Å². The smallest absolute Gasteiger partial charge is 0.162 e. The molecule has 0 saturated heterocycles. The van der Waals surface area contributed by atoms with Gasteiger partial charge in [-0.1, -0.05) is 26.0 Å². The van der Waals surface area contributed by atoms with E-state index >= 15 is 0 Å². The maximum atomic E-state index is 11.5. The van der Waals surface area contributed by atoms with Gasteiger partial charge >= 0.3 is 0 Å². The van der Waals surface area contributed by atoms with Gasteiger partial charge in [0.05, 0.1) is 0 Å². The molecule has 2 atom stereocenters. The number of hydrogen-bond donors (Lipinski definition) is 0. The van der Waals surface area contributed by atoms with Gasteiger partial charge in [0.25, 0.3) is 0 Å². The van der Waals surface area contributed by atoms with Crippen molar-refractivity contribution in [2.75, 3.05) is 0 Å². The Bertz CT molecular complexity index is 309. The Balaban J connectivity index is 0.000000354. The Hall–Kier alpha value is -0.850. The Morgan fingerprint density at radius 1 is 1.14 bits per heavy atom. The molecule has 3 aliphatic rings. The molecule has 3 rings (SSSR count). The summed E-state index contributed by atoms with van der Waals surface area (Å²) in [6.07, 6.45) is 8.85. The third-order valence-electron chi connectivity index (χ3n) is 3.18. The van der Waals surface area contributed by atoms with Crippen LogP contribution in [0, 0.1) is 11.8 Å². The maximum absolute atomic E-state index is 11.5. The summed E-state index contributed by atoms with van der Waals surface area (Å²) in [4.78, 5) is 11.5. The molecule has 0 bridgehead atoms. The molecule has 1 nitrogen and oxygen atoms in total. The van der Waals surface area contributed by atoms with E-state index in [2.05, 4.69) is 12.2 Å². The van der Waals surface area contributed by atoms with Crippen molar-refractivity contribution in [3.63, 3.8) is 0 Å². The molecule has 2 saturated carbocycles. The molecule has 14 heavy (non-hydrogen) atoms. The van der Waals surface area contributed by atoms with Crippen LogP contribution in [0.25, 0.3) is 0 Å². The maximum Gasteiger partial charge on any atom is 0.162 e. The molecule has 3 aliphatic carbocycles. The zero-order valence-corrected chi connectivity index (χ0v) is 9.05. The number of rotatable bonds is 0. The van der Waals surface area contributed by atoms with Gasteiger partial charge in [0, 0.05) is 12.0 Å². The summed E-state index contributed by atoms with van der Waals surface area (Å²) >= 11 is 0. The lowest BCUT2D eigenvalue weighted by molar-refractivity contribution is -0.115. The Morgan fingerprint density at radius 3 is 2.64 bits per heavy atom. The van der Waals surface area contributed by atoms with Crippen molar-refractivity contribution < 1.29 is 4.79 Å². The molecule has 0 aromatic heterocycles. The van der Waals surface area contributed by atoms with Gasteiger partial charge in [-0.2, -0.15) is 0 Å². The SMILES string of the molecule is CC.O=C1CCCC2=CC3CC3C=C12. The van der Waals surface area contributed by atoms with E-state index in [0.717, 1.165) is 36.7 Å². The zero-order valence-electron chi connectivity index (χ0n) is 9.05. The first-order chi connectivity index (χ1) is 6.84. The van der Waals surface area contributed by atoms with Crippen LogP contribution >= 0.6 is 0 Å². The highest BCUT2D eigenvalue weighted by Gasteiger charge is 2.39. The number of carbonyl (C=O) groups excluding carboxylic acids is 1. The zero-order chi connectivity index (χ0) is 10.1. The fraction of sp³-hybridized carbons (Fsp3) is 0.615. The van der Waals surface area contributed by atoms with Crippen LogP contribution in [0.1, 0.15) is 39.5 Å². The fourth-order valence-corrected chi connectivity index (χ4v) is 2.35. The number of ketones is 1. The van der Waals surface area contributed by atoms with E-state index in [4.69, 9.17) is 0 Å².